The summed E-state index contributed by atoms with van der Waals surface area (Å²) < 4.78 is 2.20. The molecule has 0 radical (unpaired) electrons. The van der Waals surface area contributed by atoms with Gasteiger partial charge in [0.25, 0.3) is 0 Å². The van der Waals surface area contributed by atoms with Gasteiger partial charge >= 0.3 is 0 Å². The Hall–Kier alpha value is -2.42. The van der Waals surface area contributed by atoms with Gasteiger partial charge in [-0.3, -0.25) is 4.79 Å². The van der Waals surface area contributed by atoms with E-state index in [0.717, 1.165) is 35.9 Å². The zero-order chi connectivity index (χ0) is 18.7. The lowest BCUT2D eigenvalue weighted by Crippen LogP contribution is -2.23. The Morgan fingerprint density at radius 1 is 1.35 bits per heavy atom. The molecule has 8 nitrogen and oxygen atoms in total. The van der Waals surface area contributed by atoms with E-state index in [-0.39, 0.29) is 11.2 Å². The van der Waals surface area contributed by atoms with Crippen molar-refractivity contribution in [3.05, 3.63) is 24.0 Å². The summed E-state index contributed by atoms with van der Waals surface area (Å²) in [6.07, 6.45) is 5.12. The summed E-state index contributed by atoms with van der Waals surface area (Å²) in [5.41, 5.74) is 3.31. The second kappa shape index (κ2) is 7.86. The monoisotopic (exact) mass is 373 g/mol. The van der Waals surface area contributed by atoms with Gasteiger partial charge in [0.1, 0.15) is 11.8 Å². The Morgan fingerprint density at radius 3 is 2.92 bits per heavy atom. The van der Waals surface area contributed by atoms with Crippen molar-refractivity contribution in [3.63, 3.8) is 0 Å². The normalized spacial score (nSPS) is 12.5. The maximum Gasteiger partial charge on any atom is 0.238 e. The highest BCUT2D eigenvalue weighted by Gasteiger charge is 2.21. The molecule has 0 saturated carbocycles. The number of carbonyl (C=O) groups excluding carboxylic acids is 1. The fraction of sp³-hybridized carbons (Fsp3) is 0.471. The second-order valence-corrected chi connectivity index (χ2v) is 7.45. The molecule has 3 heterocycles. The molecule has 1 amide bonds. The van der Waals surface area contributed by atoms with E-state index in [9.17, 15) is 4.79 Å². The second-order valence-electron chi connectivity index (χ2n) is 6.14. The van der Waals surface area contributed by atoms with Crippen LogP contribution in [0.25, 0.3) is 11.2 Å². The molecule has 3 rings (SSSR count). The van der Waals surface area contributed by atoms with Gasteiger partial charge in [0, 0.05) is 12.2 Å². The number of rotatable bonds is 7. The van der Waals surface area contributed by atoms with Gasteiger partial charge in [0.05, 0.1) is 17.3 Å². The molecule has 0 fully saturated rings. The molecule has 3 aromatic heterocycles. The first-order valence-corrected chi connectivity index (χ1v) is 9.54. The SMILES string of the molecule is CCCCn1c(SC(C)C(=O)Nc2ncnc3nc[nH]c23)nc(C)c1C. The minimum absolute atomic E-state index is 0.134. The molecule has 1 unspecified atom stereocenters. The Balaban J connectivity index is 1.74. The van der Waals surface area contributed by atoms with Gasteiger partial charge in [-0.15, -0.1) is 0 Å². The molecule has 0 aliphatic carbocycles. The topological polar surface area (TPSA) is 101 Å². The van der Waals surface area contributed by atoms with Crippen LogP contribution in [0, 0.1) is 13.8 Å². The number of nitrogens with zero attached hydrogens (tertiary/aromatic N) is 5. The van der Waals surface area contributed by atoms with Gasteiger partial charge in [-0.1, -0.05) is 25.1 Å². The zero-order valence-electron chi connectivity index (χ0n) is 15.4. The number of unbranched alkanes of at least 4 members (excludes halogenated alkanes) is 1. The Kier molecular flexibility index (Phi) is 5.55. The van der Waals surface area contributed by atoms with Crippen LogP contribution in [0.5, 0.6) is 0 Å². The van der Waals surface area contributed by atoms with Gasteiger partial charge < -0.3 is 14.9 Å². The van der Waals surface area contributed by atoms with Crippen molar-refractivity contribution in [3.8, 4) is 0 Å². The summed E-state index contributed by atoms with van der Waals surface area (Å²) in [6, 6.07) is 0. The number of fused-ring (bicyclic) bond motifs is 1. The van der Waals surface area contributed by atoms with Crippen molar-refractivity contribution in [1.29, 1.82) is 0 Å². The highest BCUT2D eigenvalue weighted by atomic mass is 32.2. The number of aryl methyl sites for hydroxylation is 1. The molecule has 0 aliphatic heterocycles. The first kappa shape index (κ1) is 18.4. The van der Waals surface area contributed by atoms with Crippen LogP contribution in [-0.2, 0) is 11.3 Å². The summed E-state index contributed by atoms with van der Waals surface area (Å²) >= 11 is 1.46. The van der Waals surface area contributed by atoms with Gasteiger partial charge in [-0.2, -0.15) is 0 Å². The van der Waals surface area contributed by atoms with E-state index in [0.29, 0.717) is 17.0 Å². The fourth-order valence-electron chi connectivity index (χ4n) is 2.58. The van der Waals surface area contributed by atoms with E-state index in [1.165, 1.54) is 24.4 Å². The Morgan fingerprint density at radius 2 is 2.15 bits per heavy atom. The molecule has 26 heavy (non-hydrogen) atoms. The number of anilines is 1. The summed E-state index contributed by atoms with van der Waals surface area (Å²) in [6.45, 7) is 9.03. The molecule has 0 bridgehead atoms. The number of hydrogen-bond acceptors (Lipinski definition) is 6. The Bertz CT molecular complexity index is 917. The number of nitrogens with one attached hydrogen (secondary N) is 2. The van der Waals surface area contributed by atoms with Gasteiger partial charge in [0.2, 0.25) is 5.91 Å². The lowest BCUT2D eigenvalue weighted by Gasteiger charge is -2.13. The third kappa shape index (κ3) is 3.72. The molecular formula is C17H23N7OS. The number of hydrogen-bond donors (Lipinski definition) is 2. The van der Waals surface area contributed by atoms with E-state index in [2.05, 4.69) is 48.7 Å². The van der Waals surface area contributed by atoms with E-state index >= 15 is 0 Å². The van der Waals surface area contributed by atoms with E-state index < -0.39 is 0 Å². The average molecular weight is 373 g/mol. The summed E-state index contributed by atoms with van der Waals surface area (Å²) in [5.74, 6) is 0.302. The zero-order valence-corrected chi connectivity index (χ0v) is 16.2. The molecule has 1 atom stereocenters. The molecular weight excluding hydrogens is 350 g/mol. The summed E-state index contributed by atoms with van der Waals surface area (Å²) in [5, 5.41) is 3.42. The van der Waals surface area contributed by atoms with Crippen molar-refractivity contribution >= 4 is 34.7 Å². The van der Waals surface area contributed by atoms with Crippen LogP contribution in [0.1, 0.15) is 38.1 Å². The lowest BCUT2D eigenvalue weighted by atomic mass is 10.3. The van der Waals surface area contributed by atoms with Crippen LogP contribution in [0.4, 0.5) is 5.82 Å². The standard InChI is InChI=1S/C17H23N7OS/c1-5-6-7-24-11(3)10(2)22-17(24)26-12(4)16(25)23-15-13-14(19-8-18-13)20-9-21-15/h8-9,12H,5-7H2,1-4H3,(H2,18,19,20,21,23,25). The van der Waals surface area contributed by atoms with Gasteiger partial charge in [-0.05, 0) is 27.2 Å². The highest BCUT2D eigenvalue weighted by Crippen LogP contribution is 2.27. The minimum Gasteiger partial charge on any atom is -0.340 e. The van der Waals surface area contributed by atoms with Crippen molar-refractivity contribution in [2.45, 2.75) is 57.5 Å². The highest BCUT2D eigenvalue weighted by molar-refractivity contribution is 8.00. The van der Waals surface area contributed by atoms with Crippen LogP contribution in [0.2, 0.25) is 0 Å². The van der Waals surface area contributed by atoms with Crippen LogP contribution in [0.15, 0.2) is 17.8 Å². The maximum absolute atomic E-state index is 12.6. The van der Waals surface area contributed by atoms with E-state index in [1.54, 1.807) is 0 Å². The molecule has 0 spiro atoms. The number of aromatic amines is 1. The molecule has 9 heteroatoms. The number of imidazole rings is 2. The number of aromatic nitrogens is 6. The van der Waals surface area contributed by atoms with Crippen LogP contribution < -0.4 is 5.32 Å². The molecule has 138 valence electrons. The third-order valence-electron chi connectivity index (χ3n) is 4.27. The van der Waals surface area contributed by atoms with Crippen LogP contribution in [-0.4, -0.2) is 40.6 Å². The third-order valence-corrected chi connectivity index (χ3v) is 5.36. The maximum atomic E-state index is 12.6. The van der Waals surface area contributed by atoms with Crippen LogP contribution in [0.3, 0.4) is 0 Å². The van der Waals surface area contributed by atoms with E-state index in [4.69, 9.17) is 0 Å². The van der Waals surface area contributed by atoms with Crippen molar-refractivity contribution in [2.75, 3.05) is 5.32 Å². The van der Waals surface area contributed by atoms with Crippen molar-refractivity contribution < 1.29 is 4.79 Å². The number of thioether (sulfide) groups is 1. The quantitative estimate of drug-likeness (QED) is 0.617. The predicted molar refractivity (Wildman–Crippen MR) is 102 cm³/mol. The summed E-state index contributed by atoms with van der Waals surface area (Å²) in [7, 11) is 0. The largest absolute Gasteiger partial charge is 0.340 e. The van der Waals surface area contributed by atoms with Gasteiger partial charge in [-0.25, -0.2) is 19.9 Å². The fourth-order valence-corrected chi connectivity index (χ4v) is 3.61. The molecule has 3 aromatic rings. The Labute approximate surface area is 156 Å². The number of H-pyrrole nitrogens is 1. The first-order chi connectivity index (χ1) is 12.5. The molecule has 2 N–H and O–H groups in total. The van der Waals surface area contributed by atoms with Crippen molar-refractivity contribution in [1.82, 2.24) is 29.5 Å². The summed E-state index contributed by atoms with van der Waals surface area (Å²) in [4.78, 5) is 32.5. The molecule has 0 saturated heterocycles. The van der Waals surface area contributed by atoms with E-state index in [1.807, 2.05) is 13.8 Å². The average Bonchev–Trinajstić information content (AvgIpc) is 3.20. The van der Waals surface area contributed by atoms with Gasteiger partial charge in [0.15, 0.2) is 16.6 Å². The predicted octanol–water partition coefficient (Wildman–Crippen LogP) is 3.09. The van der Waals surface area contributed by atoms with Crippen LogP contribution >= 0.6 is 11.8 Å². The molecule has 0 aromatic carbocycles. The molecule has 0 aliphatic rings. The number of carbonyl (C=O) groups is 1. The smallest absolute Gasteiger partial charge is 0.238 e. The van der Waals surface area contributed by atoms with Crippen molar-refractivity contribution in [2.24, 2.45) is 0 Å². The minimum atomic E-state index is -0.315. The first-order valence-electron chi connectivity index (χ1n) is 8.66. The lowest BCUT2D eigenvalue weighted by molar-refractivity contribution is -0.115. The number of amides is 1.